The van der Waals surface area contributed by atoms with E-state index in [1.165, 1.54) is 12.1 Å². The lowest BCUT2D eigenvalue weighted by atomic mass is 9.98. The van der Waals surface area contributed by atoms with Gasteiger partial charge in [-0.1, -0.05) is 6.07 Å². The maximum atomic E-state index is 15.0. The van der Waals surface area contributed by atoms with E-state index >= 15 is 0 Å². The molecule has 1 N–H and O–H groups in total. The predicted molar refractivity (Wildman–Crippen MR) is 141 cm³/mol. The molecule has 1 aliphatic heterocycles. The van der Waals surface area contributed by atoms with Gasteiger partial charge in [-0.15, -0.1) is 0 Å². The molecule has 0 aromatic heterocycles. The number of halogens is 3. The van der Waals surface area contributed by atoms with Crippen molar-refractivity contribution in [3.8, 4) is 28.7 Å². The molecule has 2 atom stereocenters. The Labute approximate surface area is 234 Å². The largest absolute Gasteiger partial charge is 0.492 e. The van der Waals surface area contributed by atoms with Crippen molar-refractivity contribution < 1.29 is 50.4 Å². The Morgan fingerprint density at radius 1 is 1.05 bits per heavy atom. The molecule has 12 heteroatoms. The highest BCUT2D eigenvalue weighted by Gasteiger charge is 2.32. The number of aliphatic carboxylic acids is 1. The number of carbonyl (C=O) groups is 1. The maximum Gasteiger partial charge on any atom is 0.304 e. The first-order chi connectivity index (χ1) is 19.5. The van der Waals surface area contributed by atoms with E-state index in [9.17, 15) is 26.4 Å². The average molecular weight is 593 g/mol. The third kappa shape index (κ3) is 6.53. The van der Waals surface area contributed by atoms with Gasteiger partial charge in [0.1, 0.15) is 44.8 Å². The van der Waals surface area contributed by atoms with Crippen LogP contribution in [0.1, 0.15) is 48.0 Å². The molecule has 0 spiro atoms. The second kappa shape index (κ2) is 11.5. The number of carboxylic acid groups (broad SMARTS) is 1. The van der Waals surface area contributed by atoms with Crippen LogP contribution in [0.2, 0.25) is 0 Å². The molecule has 0 saturated carbocycles. The number of rotatable bonds is 11. The van der Waals surface area contributed by atoms with Crippen molar-refractivity contribution in [3.63, 3.8) is 0 Å². The number of sulfone groups is 1. The number of hydrogen-bond acceptors (Lipinski definition) is 7. The van der Waals surface area contributed by atoms with E-state index in [0.29, 0.717) is 29.9 Å². The standard InChI is InChI=1S/C29H27F3O8S/c1-41(35,36)10-2-9-37-29-22(31)12-18(13-23(29)32)40-24-8-6-21(30)28-20(24)5-7-25(28)39-17-3-4-19-16(11-27(33)34)15-38-26(19)14-17/h3-4,6,8,12-14,16,25H,2,5,7,9-11,15H2,1H3,(H,33,34)/t16-,25-/m1/s1. The van der Waals surface area contributed by atoms with Crippen molar-refractivity contribution in [3.05, 3.63) is 76.6 Å². The van der Waals surface area contributed by atoms with E-state index in [1.54, 1.807) is 18.2 Å². The van der Waals surface area contributed by atoms with Crippen LogP contribution in [0.5, 0.6) is 28.7 Å². The summed E-state index contributed by atoms with van der Waals surface area (Å²) < 4.78 is 89.2. The van der Waals surface area contributed by atoms with Gasteiger partial charge in [0.15, 0.2) is 17.4 Å². The third-order valence-electron chi connectivity index (χ3n) is 6.91. The quantitative estimate of drug-likeness (QED) is 0.282. The molecule has 0 amide bonds. The molecule has 41 heavy (non-hydrogen) atoms. The van der Waals surface area contributed by atoms with Crippen LogP contribution in [0.15, 0.2) is 42.5 Å². The summed E-state index contributed by atoms with van der Waals surface area (Å²) in [7, 11) is -3.22. The summed E-state index contributed by atoms with van der Waals surface area (Å²) in [4.78, 5) is 11.1. The third-order valence-corrected chi connectivity index (χ3v) is 7.94. The molecule has 8 nitrogen and oxygen atoms in total. The molecule has 3 aromatic carbocycles. The Hall–Kier alpha value is -3.93. The predicted octanol–water partition coefficient (Wildman–Crippen LogP) is 5.73. The minimum atomic E-state index is -3.22. The van der Waals surface area contributed by atoms with E-state index in [2.05, 4.69) is 0 Å². The zero-order valence-electron chi connectivity index (χ0n) is 22.0. The van der Waals surface area contributed by atoms with Crippen molar-refractivity contribution in [2.24, 2.45) is 0 Å². The maximum absolute atomic E-state index is 15.0. The fourth-order valence-corrected chi connectivity index (χ4v) is 5.73. The fraction of sp³-hybridized carbons (Fsp3) is 0.345. The molecule has 0 unspecified atom stereocenters. The Morgan fingerprint density at radius 3 is 2.51 bits per heavy atom. The molecule has 0 fully saturated rings. The Kier molecular flexibility index (Phi) is 8.03. The van der Waals surface area contributed by atoms with Gasteiger partial charge in [-0.05, 0) is 37.5 Å². The molecule has 1 heterocycles. The van der Waals surface area contributed by atoms with Crippen molar-refractivity contribution in [1.29, 1.82) is 0 Å². The molecule has 1 aliphatic carbocycles. The number of benzene rings is 3. The van der Waals surface area contributed by atoms with Gasteiger partial charge in [0, 0.05) is 47.1 Å². The van der Waals surface area contributed by atoms with Gasteiger partial charge in [-0.3, -0.25) is 4.79 Å². The smallest absolute Gasteiger partial charge is 0.304 e. The number of carboxylic acids is 1. The highest BCUT2D eigenvalue weighted by molar-refractivity contribution is 7.90. The van der Waals surface area contributed by atoms with Crippen molar-refractivity contribution >= 4 is 15.8 Å². The van der Waals surface area contributed by atoms with Gasteiger partial charge in [-0.2, -0.15) is 0 Å². The van der Waals surface area contributed by atoms with Crippen molar-refractivity contribution in [2.75, 3.05) is 25.2 Å². The first-order valence-corrected chi connectivity index (χ1v) is 15.0. The number of ether oxygens (including phenoxy) is 4. The summed E-state index contributed by atoms with van der Waals surface area (Å²) in [6, 6.07) is 9.56. The summed E-state index contributed by atoms with van der Waals surface area (Å²) >= 11 is 0. The second-order valence-corrected chi connectivity index (χ2v) is 12.3. The second-order valence-electron chi connectivity index (χ2n) is 10.0. The highest BCUT2D eigenvalue weighted by atomic mass is 32.2. The highest BCUT2D eigenvalue weighted by Crippen LogP contribution is 2.44. The number of hydrogen-bond donors (Lipinski definition) is 1. The first-order valence-electron chi connectivity index (χ1n) is 12.9. The monoisotopic (exact) mass is 592 g/mol. The van der Waals surface area contributed by atoms with E-state index in [1.807, 2.05) is 0 Å². The molecule has 0 saturated heterocycles. The van der Waals surface area contributed by atoms with E-state index in [4.69, 9.17) is 24.1 Å². The minimum absolute atomic E-state index is 0.0495. The van der Waals surface area contributed by atoms with Crippen LogP contribution in [-0.4, -0.2) is 44.7 Å². The fourth-order valence-electron chi connectivity index (χ4n) is 5.09. The molecular weight excluding hydrogens is 565 g/mol. The number of fused-ring (bicyclic) bond motifs is 2. The lowest BCUT2D eigenvalue weighted by Gasteiger charge is -2.17. The van der Waals surface area contributed by atoms with E-state index in [-0.39, 0.29) is 54.8 Å². The van der Waals surface area contributed by atoms with Gasteiger partial charge >= 0.3 is 5.97 Å². The zero-order chi connectivity index (χ0) is 29.3. The Balaban J connectivity index is 1.30. The molecule has 2 aliphatic rings. The summed E-state index contributed by atoms with van der Waals surface area (Å²) in [5, 5.41) is 9.09. The molecule has 0 bridgehead atoms. The lowest BCUT2D eigenvalue weighted by Crippen LogP contribution is -2.09. The lowest BCUT2D eigenvalue weighted by molar-refractivity contribution is -0.137. The summed E-state index contributed by atoms with van der Waals surface area (Å²) in [6.45, 7) is 0.0669. The van der Waals surface area contributed by atoms with Crippen molar-refractivity contribution in [1.82, 2.24) is 0 Å². The van der Waals surface area contributed by atoms with E-state index < -0.39 is 45.1 Å². The van der Waals surface area contributed by atoms with Crippen LogP contribution < -0.4 is 18.9 Å². The van der Waals surface area contributed by atoms with Crippen LogP contribution in [-0.2, 0) is 21.1 Å². The Bertz CT molecular complexity index is 1570. The zero-order valence-corrected chi connectivity index (χ0v) is 22.8. The van der Waals surface area contributed by atoms with Crippen LogP contribution in [0.25, 0.3) is 0 Å². The normalized spacial score (nSPS) is 17.5. The van der Waals surface area contributed by atoms with Gasteiger partial charge < -0.3 is 24.1 Å². The van der Waals surface area contributed by atoms with Gasteiger partial charge in [-0.25, -0.2) is 21.6 Å². The van der Waals surface area contributed by atoms with Gasteiger partial charge in [0.25, 0.3) is 0 Å². The van der Waals surface area contributed by atoms with Crippen LogP contribution in [0.4, 0.5) is 13.2 Å². The summed E-state index contributed by atoms with van der Waals surface area (Å²) in [5.74, 6) is -3.53. The SMILES string of the molecule is CS(=O)(=O)CCCOc1c(F)cc(Oc2ccc(F)c3c2CC[C@H]3Oc2ccc3c(c2)OC[C@H]3CC(=O)O)cc1F. The summed E-state index contributed by atoms with van der Waals surface area (Å²) in [6.07, 6.45) is 1.25. The molecule has 0 radical (unpaired) electrons. The molecule has 3 aromatic rings. The summed E-state index contributed by atoms with van der Waals surface area (Å²) in [5.41, 5.74) is 1.56. The Morgan fingerprint density at radius 2 is 1.80 bits per heavy atom. The van der Waals surface area contributed by atoms with Crippen molar-refractivity contribution in [2.45, 2.75) is 37.7 Å². The average Bonchev–Trinajstić information content (AvgIpc) is 3.48. The van der Waals surface area contributed by atoms with Gasteiger partial charge in [0.05, 0.1) is 25.4 Å². The van der Waals surface area contributed by atoms with Crippen LogP contribution in [0, 0.1) is 17.5 Å². The minimum Gasteiger partial charge on any atom is -0.492 e. The van der Waals surface area contributed by atoms with E-state index in [0.717, 1.165) is 24.0 Å². The topological polar surface area (TPSA) is 108 Å². The van der Waals surface area contributed by atoms with Gasteiger partial charge in [0.2, 0.25) is 0 Å². The first kappa shape index (κ1) is 28.6. The molecule has 5 rings (SSSR count). The molecule has 218 valence electrons. The van der Waals surface area contributed by atoms with Crippen LogP contribution >= 0.6 is 0 Å². The molecular formula is C29H27F3O8S. The van der Waals surface area contributed by atoms with Crippen LogP contribution in [0.3, 0.4) is 0 Å².